The number of carbonyl (C=O) groups excluding carboxylic acids is 1. The highest BCUT2D eigenvalue weighted by Gasteiger charge is 2.23. The number of hydrogen-bond acceptors (Lipinski definition) is 4. The molecule has 0 heterocycles. The van der Waals surface area contributed by atoms with E-state index in [-0.39, 0.29) is 6.54 Å². The molecule has 88 valence electrons. The molecule has 0 aliphatic carbocycles. The second-order valence-corrected chi connectivity index (χ2v) is 3.05. The molecule has 0 aliphatic heterocycles. The first kappa shape index (κ1) is 12.4. The Morgan fingerprint density at radius 2 is 2.12 bits per heavy atom. The standard InChI is InChI=1S/C10H11F2NO3/c1-13-4-7(14)8-9(15)5(11)3-6(12)10(8)16-2/h3,13,15H,4H2,1-2H3. The number of rotatable bonds is 4. The van der Waals surface area contributed by atoms with Crippen LogP contribution >= 0.6 is 0 Å². The normalized spacial score (nSPS) is 10.2. The van der Waals surface area contributed by atoms with Crippen LogP contribution in [0.5, 0.6) is 11.5 Å². The third kappa shape index (κ3) is 2.11. The van der Waals surface area contributed by atoms with Crippen molar-refractivity contribution in [2.24, 2.45) is 0 Å². The molecule has 0 unspecified atom stereocenters. The van der Waals surface area contributed by atoms with Gasteiger partial charge in [-0.3, -0.25) is 4.79 Å². The second-order valence-electron chi connectivity index (χ2n) is 3.05. The van der Waals surface area contributed by atoms with Crippen LogP contribution in [0.4, 0.5) is 8.78 Å². The maximum absolute atomic E-state index is 13.2. The number of ether oxygens (including phenoxy) is 1. The number of aromatic hydroxyl groups is 1. The number of likely N-dealkylation sites (N-methyl/N-ethyl adjacent to an activating group) is 1. The van der Waals surface area contributed by atoms with Crippen LogP contribution in [0, 0.1) is 11.6 Å². The quantitative estimate of drug-likeness (QED) is 0.761. The molecule has 2 N–H and O–H groups in total. The summed E-state index contributed by atoms with van der Waals surface area (Å²) in [5.41, 5.74) is -0.491. The molecule has 0 saturated heterocycles. The third-order valence-electron chi connectivity index (χ3n) is 1.98. The average molecular weight is 231 g/mol. The maximum atomic E-state index is 13.2. The van der Waals surface area contributed by atoms with E-state index in [0.717, 1.165) is 7.11 Å². The van der Waals surface area contributed by atoms with E-state index in [4.69, 9.17) is 0 Å². The van der Waals surface area contributed by atoms with E-state index >= 15 is 0 Å². The summed E-state index contributed by atoms with van der Waals surface area (Å²) in [4.78, 5) is 11.5. The Labute approximate surface area is 90.8 Å². The monoisotopic (exact) mass is 231 g/mol. The fraction of sp³-hybridized carbons (Fsp3) is 0.300. The summed E-state index contributed by atoms with van der Waals surface area (Å²) in [7, 11) is 2.63. The number of hydrogen-bond donors (Lipinski definition) is 2. The van der Waals surface area contributed by atoms with Gasteiger partial charge in [-0.1, -0.05) is 0 Å². The van der Waals surface area contributed by atoms with E-state index in [1.54, 1.807) is 0 Å². The maximum Gasteiger partial charge on any atom is 0.184 e. The predicted molar refractivity (Wildman–Crippen MR) is 52.8 cm³/mol. The van der Waals surface area contributed by atoms with Crippen molar-refractivity contribution >= 4 is 5.78 Å². The van der Waals surface area contributed by atoms with Crippen LogP contribution in [0.2, 0.25) is 0 Å². The summed E-state index contributed by atoms with van der Waals surface area (Å²) in [5.74, 6) is -4.25. The summed E-state index contributed by atoms with van der Waals surface area (Å²) in [6, 6.07) is 0.463. The minimum atomic E-state index is -1.20. The summed E-state index contributed by atoms with van der Waals surface area (Å²) in [6.07, 6.45) is 0. The Balaban J connectivity index is 3.38. The fourth-order valence-electron chi connectivity index (χ4n) is 1.30. The van der Waals surface area contributed by atoms with E-state index in [9.17, 15) is 18.7 Å². The molecule has 0 amide bonds. The number of carbonyl (C=O) groups is 1. The number of methoxy groups -OCH3 is 1. The van der Waals surface area contributed by atoms with Gasteiger partial charge in [0, 0.05) is 6.07 Å². The SMILES string of the molecule is CNCC(=O)c1c(O)c(F)cc(F)c1OC. The molecule has 16 heavy (non-hydrogen) atoms. The predicted octanol–water partition coefficient (Wildman–Crippen LogP) is 1.08. The molecule has 1 rings (SSSR count). The van der Waals surface area contributed by atoms with Gasteiger partial charge in [-0.25, -0.2) is 8.78 Å². The smallest absolute Gasteiger partial charge is 0.184 e. The Bertz CT molecular complexity index is 421. The number of nitrogens with one attached hydrogen (secondary N) is 1. The Morgan fingerprint density at radius 1 is 1.50 bits per heavy atom. The molecule has 0 aliphatic rings. The van der Waals surface area contributed by atoms with Gasteiger partial charge in [-0.15, -0.1) is 0 Å². The van der Waals surface area contributed by atoms with Crippen LogP contribution in [0.1, 0.15) is 10.4 Å². The van der Waals surface area contributed by atoms with E-state index < -0.39 is 34.5 Å². The molecule has 6 heteroatoms. The van der Waals surface area contributed by atoms with E-state index in [1.807, 2.05) is 0 Å². The molecule has 0 fully saturated rings. The van der Waals surface area contributed by atoms with Gasteiger partial charge in [0.15, 0.2) is 28.9 Å². The number of halogens is 2. The van der Waals surface area contributed by atoms with Gasteiger partial charge in [-0.05, 0) is 7.05 Å². The van der Waals surface area contributed by atoms with Crippen LogP contribution in [0.25, 0.3) is 0 Å². The van der Waals surface area contributed by atoms with Gasteiger partial charge in [0.1, 0.15) is 5.56 Å². The lowest BCUT2D eigenvalue weighted by Gasteiger charge is -2.10. The highest BCUT2D eigenvalue weighted by molar-refractivity contribution is 6.02. The van der Waals surface area contributed by atoms with Gasteiger partial charge in [0.25, 0.3) is 0 Å². The zero-order valence-electron chi connectivity index (χ0n) is 8.80. The van der Waals surface area contributed by atoms with Crippen molar-refractivity contribution in [1.82, 2.24) is 5.32 Å². The van der Waals surface area contributed by atoms with Crippen molar-refractivity contribution in [2.45, 2.75) is 0 Å². The number of ketones is 1. The van der Waals surface area contributed by atoms with Gasteiger partial charge in [-0.2, -0.15) is 0 Å². The largest absolute Gasteiger partial charge is 0.504 e. The molecule has 0 atom stereocenters. The van der Waals surface area contributed by atoms with Gasteiger partial charge in [0.2, 0.25) is 0 Å². The van der Waals surface area contributed by atoms with E-state index in [0.29, 0.717) is 6.07 Å². The summed E-state index contributed by atoms with van der Waals surface area (Å²) in [5, 5.41) is 11.9. The fourth-order valence-corrected chi connectivity index (χ4v) is 1.30. The molecule has 1 aromatic carbocycles. The third-order valence-corrected chi connectivity index (χ3v) is 1.98. The zero-order chi connectivity index (χ0) is 12.3. The van der Waals surface area contributed by atoms with Crippen LogP contribution in [0.3, 0.4) is 0 Å². The topological polar surface area (TPSA) is 58.6 Å². The van der Waals surface area contributed by atoms with Crippen molar-refractivity contribution in [2.75, 3.05) is 20.7 Å². The van der Waals surface area contributed by atoms with Crippen molar-refractivity contribution in [3.63, 3.8) is 0 Å². The minimum Gasteiger partial charge on any atom is -0.504 e. The highest BCUT2D eigenvalue weighted by atomic mass is 19.1. The second kappa shape index (κ2) is 4.89. The Kier molecular flexibility index (Phi) is 3.78. The molecule has 0 aromatic heterocycles. The Hall–Kier alpha value is -1.69. The molecule has 0 radical (unpaired) electrons. The van der Waals surface area contributed by atoms with Crippen LogP contribution < -0.4 is 10.1 Å². The lowest BCUT2D eigenvalue weighted by molar-refractivity contribution is 0.0986. The van der Waals surface area contributed by atoms with Gasteiger partial charge in [0.05, 0.1) is 13.7 Å². The van der Waals surface area contributed by atoms with E-state index in [2.05, 4.69) is 10.1 Å². The summed E-state index contributed by atoms with van der Waals surface area (Å²) >= 11 is 0. The van der Waals surface area contributed by atoms with Crippen molar-refractivity contribution < 1.29 is 23.4 Å². The zero-order valence-corrected chi connectivity index (χ0v) is 8.80. The minimum absolute atomic E-state index is 0.160. The molecule has 0 bridgehead atoms. The number of phenolic OH excluding ortho intramolecular Hbond substituents is 1. The summed E-state index contributed by atoms with van der Waals surface area (Å²) in [6.45, 7) is -0.160. The van der Waals surface area contributed by atoms with Crippen molar-refractivity contribution in [3.8, 4) is 11.5 Å². The summed E-state index contributed by atoms with van der Waals surface area (Å²) < 4.78 is 30.9. The lowest BCUT2D eigenvalue weighted by Crippen LogP contribution is -2.20. The first-order valence-corrected chi connectivity index (χ1v) is 4.45. The molecule has 0 spiro atoms. The van der Waals surface area contributed by atoms with Crippen LogP contribution in [-0.2, 0) is 0 Å². The van der Waals surface area contributed by atoms with Crippen LogP contribution in [0.15, 0.2) is 6.07 Å². The van der Waals surface area contributed by atoms with Gasteiger partial charge >= 0.3 is 0 Å². The average Bonchev–Trinajstić information content (AvgIpc) is 2.23. The van der Waals surface area contributed by atoms with E-state index in [1.165, 1.54) is 7.05 Å². The highest BCUT2D eigenvalue weighted by Crippen LogP contribution is 2.33. The molecular weight excluding hydrogens is 220 g/mol. The first-order valence-electron chi connectivity index (χ1n) is 4.45. The van der Waals surface area contributed by atoms with Crippen molar-refractivity contribution in [1.29, 1.82) is 0 Å². The Morgan fingerprint density at radius 3 is 2.62 bits per heavy atom. The lowest BCUT2D eigenvalue weighted by atomic mass is 10.1. The van der Waals surface area contributed by atoms with Crippen LogP contribution in [-0.4, -0.2) is 31.6 Å². The number of Topliss-reactive ketones (excluding diaryl/α,β-unsaturated/α-hetero) is 1. The number of benzene rings is 1. The molecule has 1 aromatic rings. The van der Waals surface area contributed by atoms with Crippen molar-refractivity contribution in [3.05, 3.63) is 23.3 Å². The number of phenols is 1. The molecular formula is C10H11F2NO3. The first-order chi connectivity index (χ1) is 7.52. The molecule has 0 saturated carbocycles. The molecule has 4 nitrogen and oxygen atoms in total. The van der Waals surface area contributed by atoms with Gasteiger partial charge < -0.3 is 15.2 Å².